The zero-order valence-electron chi connectivity index (χ0n) is 20.8. The molecule has 1 aliphatic rings. The molecule has 2 heterocycles. The van der Waals surface area contributed by atoms with Gasteiger partial charge in [0.15, 0.2) is 0 Å². The van der Waals surface area contributed by atoms with Crippen molar-refractivity contribution in [2.24, 2.45) is 0 Å². The summed E-state index contributed by atoms with van der Waals surface area (Å²) in [5.41, 5.74) is 4.67. The summed E-state index contributed by atoms with van der Waals surface area (Å²) in [7, 11) is -1.14. The number of hydrogen-bond donors (Lipinski definition) is 0. The molecule has 7 heteroatoms. The fourth-order valence-corrected chi connectivity index (χ4v) is 5.51. The molecule has 0 bridgehead atoms. The zero-order valence-corrected chi connectivity index (χ0v) is 21.8. The summed E-state index contributed by atoms with van der Waals surface area (Å²) in [4.78, 5) is 12.3. The number of fused-ring (bicyclic) bond motifs is 2. The third kappa shape index (κ3) is 6.12. The monoisotopic (exact) mass is 475 g/mol. The molecule has 0 aliphatic heterocycles. The molecule has 6 nitrogen and oxygen atoms in total. The van der Waals surface area contributed by atoms with Crippen LogP contribution in [0.3, 0.4) is 0 Å². The van der Waals surface area contributed by atoms with E-state index in [0.717, 1.165) is 68.3 Å². The number of rotatable bonds is 11. The Balaban J connectivity index is 1.60. The van der Waals surface area contributed by atoms with Gasteiger partial charge >= 0.3 is 0 Å². The SMILES string of the molecule is C[Si](C)(C)CCOCn1c(CN(CCCC#N)C2CCCc3cccnc32)nc2ccccc21. The summed E-state index contributed by atoms with van der Waals surface area (Å²) < 4.78 is 8.40. The van der Waals surface area contributed by atoms with E-state index in [9.17, 15) is 0 Å². The summed E-state index contributed by atoms with van der Waals surface area (Å²) in [5.74, 6) is 1.02. The van der Waals surface area contributed by atoms with E-state index in [1.807, 2.05) is 18.3 Å². The first-order chi connectivity index (χ1) is 16.5. The van der Waals surface area contributed by atoms with Crippen molar-refractivity contribution < 1.29 is 4.74 Å². The maximum absolute atomic E-state index is 9.14. The van der Waals surface area contributed by atoms with E-state index in [4.69, 9.17) is 20.0 Å². The van der Waals surface area contributed by atoms with Crippen LogP contribution in [0.4, 0.5) is 0 Å². The summed E-state index contributed by atoms with van der Waals surface area (Å²) >= 11 is 0. The summed E-state index contributed by atoms with van der Waals surface area (Å²) in [6.45, 7) is 10.0. The van der Waals surface area contributed by atoms with Crippen molar-refractivity contribution in [3.63, 3.8) is 0 Å². The van der Waals surface area contributed by atoms with Crippen LogP contribution in [0.1, 0.15) is 48.8 Å². The Morgan fingerprint density at radius 1 is 1.21 bits per heavy atom. The van der Waals surface area contributed by atoms with Crippen LogP contribution in [-0.4, -0.2) is 40.7 Å². The number of nitriles is 1. The molecule has 0 fully saturated rings. The Morgan fingerprint density at radius 2 is 2.06 bits per heavy atom. The van der Waals surface area contributed by atoms with Crippen molar-refractivity contribution in [3.8, 4) is 6.07 Å². The van der Waals surface area contributed by atoms with Gasteiger partial charge in [-0.05, 0) is 55.5 Å². The molecule has 0 amide bonds. The molecule has 1 aliphatic carbocycles. The lowest BCUT2D eigenvalue weighted by Gasteiger charge is -2.34. The van der Waals surface area contributed by atoms with E-state index in [0.29, 0.717) is 13.2 Å². The van der Waals surface area contributed by atoms with Crippen molar-refractivity contribution in [3.05, 3.63) is 59.7 Å². The number of aryl methyl sites for hydroxylation is 1. The van der Waals surface area contributed by atoms with Crippen molar-refractivity contribution in [2.75, 3.05) is 13.2 Å². The number of nitrogens with zero attached hydrogens (tertiary/aromatic N) is 5. The van der Waals surface area contributed by atoms with Crippen LogP contribution < -0.4 is 0 Å². The average Bonchev–Trinajstić information content (AvgIpc) is 3.17. The van der Waals surface area contributed by atoms with Crippen molar-refractivity contribution >= 4 is 19.1 Å². The second-order valence-corrected chi connectivity index (χ2v) is 16.1. The number of para-hydroxylation sites is 2. The Morgan fingerprint density at radius 3 is 2.88 bits per heavy atom. The highest BCUT2D eigenvalue weighted by Gasteiger charge is 2.28. The minimum absolute atomic E-state index is 0.254. The fraction of sp³-hybridized carbons (Fsp3) is 0.519. The van der Waals surface area contributed by atoms with Gasteiger partial charge in [0.25, 0.3) is 0 Å². The predicted octanol–water partition coefficient (Wildman–Crippen LogP) is 5.93. The minimum Gasteiger partial charge on any atom is -0.361 e. The van der Waals surface area contributed by atoms with Gasteiger partial charge in [0, 0.05) is 33.8 Å². The zero-order chi connectivity index (χ0) is 24.0. The van der Waals surface area contributed by atoms with E-state index in [-0.39, 0.29) is 6.04 Å². The number of imidazole rings is 1. The molecule has 0 spiro atoms. The number of benzene rings is 1. The molecule has 2 aromatic heterocycles. The predicted molar refractivity (Wildman–Crippen MR) is 139 cm³/mol. The molecule has 3 aromatic rings. The second kappa shape index (κ2) is 11.3. The van der Waals surface area contributed by atoms with E-state index in [1.165, 1.54) is 11.3 Å². The van der Waals surface area contributed by atoms with Gasteiger partial charge in [-0.2, -0.15) is 5.26 Å². The van der Waals surface area contributed by atoms with Gasteiger partial charge in [0.05, 0.1) is 35.4 Å². The van der Waals surface area contributed by atoms with E-state index in [1.54, 1.807) is 0 Å². The lowest BCUT2D eigenvalue weighted by atomic mass is 9.90. The molecule has 1 unspecified atom stereocenters. The maximum Gasteiger partial charge on any atom is 0.126 e. The van der Waals surface area contributed by atoms with Crippen LogP contribution in [0, 0.1) is 11.3 Å². The first-order valence-corrected chi connectivity index (χ1v) is 16.2. The van der Waals surface area contributed by atoms with E-state index >= 15 is 0 Å². The maximum atomic E-state index is 9.14. The van der Waals surface area contributed by atoms with Crippen LogP contribution >= 0.6 is 0 Å². The van der Waals surface area contributed by atoms with Crippen LogP contribution in [0.15, 0.2) is 42.6 Å². The topological polar surface area (TPSA) is 67.0 Å². The number of hydrogen-bond acceptors (Lipinski definition) is 5. The molecule has 180 valence electrons. The first-order valence-electron chi connectivity index (χ1n) is 12.5. The molecule has 1 atom stereocenters. The van der Waals surface area contributed by atoms with Crippen molar-refractivity contribution in [2.45, 2.75) is 77.1 Å². The third-order valence-electron chi connectivity index (χ3n) is 6.63. The smallest absolute Gasteiger partial charge is 0.126 e. The minimum atomic E-state index is -1.14. The summed E-state index contributed by atoms with van der Waals surface area (Å²) in [6, 6.07) is 16.3. The van der Waals surface area contributed by atoms with Gasteiger partial charge in [0.2, 0.25) is 0 Å². The molecule has 4 rings (SSSR count). The van der Waals surface area contributed by atoms with Gasteiger partial charge < -0.3 is 9.30 Å². The highest BCUT2D eigenvalue weighted by molar-refractivity contribution is 6.76. The van der Waals surface area contributed by atoms with Crippen LogP contribution in [0.25, 0.3) is 11.0 Å². The number of pyridine rings is 1. The molecule has 0 saturated heterocycles. The quantitative estimate of drug-likeness (QED) is 0.254. The molecular formula is C27H37N5OSi. The Kier molecular flexibility index (Phi) is 8.14. The summed E-state index contributed by atoms with van der Waals surface area (Å²) in [5, 5.41) is 9.14. The van der Waals surface area contributed by atoms with Crippen LogP contribution in [-0.2, 0) is 24.4 Å². The Hall–Kier alpha value is -2.53. The van der Waals surface area contributed by atoms with Gasteiger partial charge in [-0.1, -0.05) is 37.8 Å². The molecular weight excluding hydrogens is 438 g/mol. The van der Waals surface area contributed by atoms with Crippen molar-refractivity contribution in [1.82, 2.24) is 19.4 Å². The lowest BCUT2D eigenvalue weighted by Crippen LogP contribution is -2.33. The largest absolute Gasteiger partial charge is 0.361 e. The standard InChI is InChI=1S/C27H37N5OSi/c1-34(2,3)19-18-33-21-32-24-13-5-4-12-23(24)30-26(32)20-31(17-7-6-15-28)25-14-8-10-22-11-9-16-29-27(22)25/h4-5,9,11-13,16,25H,6-8,10,14,17-21H2,1-3H3. The van der Waals surface area contributed by atoms with Crippen LogP contribution in [0.5, 0.6) is 0 Å². The lowest BCUT2D eigenvalue weighted by molar-refractivity contribution is 0.0830. The van der Waals surface area contributed by atoms with E-state index < -0.39 is 8.07 Å². The fourth-order valence-electron chi connectivity index (χ4n) is 4.75. The molecule has 0 radical (unpaired) electrons. The Bertz CT molecular complexity index is 1130. The first kappa shape index (κ1) is 24.6. The third-order valence-corrected chi connectivity index (χ3v) is 8.34. The van der Waals surface area contributed by atoms with Crippen molar-refractivity contribution in [1.29, 1.82) is 5.26 Å². The number of unbranched alkanes of at least 4 members (excludes halogenated alkanes) is 1. The number of ether oxygens (including phenoxy) is 1. The highest BCUT2D eigenvalue weighted by atomic mass is 28.3. The Labute approximate surface area is 204 Å². The van der Waals surface area contributed by atoms with Gasteiger partial charge in [0.1, 0.15) is 12.6 Å². The molecule has 34 heavy (non-hydrogen) atoms. The molecule has 0 N–H and O–H groups in total. The van der Waals surface area contributed by atoms with Crippen LogP contribution in [0.2, 0.25) is 25.7 Å². The van der Waals surface area contributed by atoms with E-state index in [2.05, 4.69) is 59.4 Å². The normalized spacial score (nSPS) is 16.0. The molecule has 1 aromatic carbocycles. The van der Waals surface area contributed by atoms with Gasteiger partial charge in [-0.3, -0.25) is 9.88 Å². The second-order valence-electron chi connectivity index (χ2n) is 10.5. The van der Waals surface area contributed by atoms with Gasteiger partial charge in [-0.15, -0.1) is 0 Å². The van der Waals surface area contributed by atoms with Gasteiger partial charge in [-0.25, -0.2) is 4.98 Å². The average molecular weight is 476 g/mol. The molecule has 0 saturated carbocycles. The number of aromatic nitrogens is 3. The highest BCUT2D eigenvalue weighted by Crippen LogP contribution is 2.34. The summed E-state index contributed by atoms with van der Waals surface area (Å²) in [6.07, 6.45) is 6.66.